The number of rotatable bonds is 4. The van der Waals surface area contributed by atoms with E-state index < -0.39 is 9.84 Å². The monoisotopic (exact) mass is 402 g/mol. The number of fused-ring (bicyclic) bond motifs is 1. The summed E-state index contributed by atoms with van der Waals surface area (Å²) in [6.45, 7) is 6.65. The summed E-state index contributed by atoms with van der Waals surface area (Å²) in [7, 11) is -3.29. The quantitative estimate of drug-likeness (QED) is 0.665. The van der Waals surface area contributed by atoms with Crippen LogP contribution >= 0.6 is 11.3 Å². The molecule has 0 saturated carbocycles. The molecule has 0 bridgehead atoms. The first-order chi connectivity index (χ1) is 12.7. The molecule has 1 amide bonds. The van der Waals surface area contributed by atoms with Crippen LogP contribution in [0.25, 0.3) is 10.2 Å². The number of benzene rings is 2. The molecule has 0 N–H and O–H groups in total. The number of sulfone groups is 1. The zero-order valence-electron chi connectivity index (χ0n) is 15.8. The van der Waals surface area contributed by atoms with Gasteiger partial charge in [0.05, 0.1) is 15.1 Å². The lowest BCUT2D eigenvalue weighted by atomic mass is 10.1. The minimum atomic E-state index is -3.29. The van der Waals surface area contributed by atoms with Crippen LogP contribution in [0.2, 0.25) is 0 Å². The van der Waals surface area contributed by atoms with E-state index in [1.54, 1.807) is 24.3 Å². The van der Waals surface area contributed by atoms with Gasteiger partial charge in [-0.15, -0.1) is 0 Å². The molecule has 0 atom stereocenters. The van der Waals surface area contributed by atoms with Crippen molar-refractivity contribution in [3.05, 3.63) is 57.9 Å². The summed E-state index contributed by atoms with van der Waals surface area (Å²) < 4.78 is 26.5. The van der Waals surface area contributed by atoms with E-state index in [4.69, 9.17) is 0 Å². The van der Waals surface area contributed by atoms with Gasteiger partial charge in [0.25, 0.3) is 5.91 Å². The molecule has 0 aliphatic heterocycles. The van der Waals surface area contributed by atoms with Crippen LogP contribution in [0.4, 0.5) is 0 Å². The van der Waals surface area contributed by atoms with Crippen molar-refractivity contribution in [2.75, 3.05) is 6.26 Å². The Hall–Kier alpha value is -2.25. The molecule has 1 heterocycles. The predicted molar refractivity (Wildman–Crippen MR) is 109 cm³/mol. The Morgan fingerprint density at radius 3 is 2.52 bits per heavy atom. The van der Waals surface area contributed by atoms with E-state index in [-0.39, 0.29) is 10.8 Å². The van der Waals surface area contributed by atoms with E-state index in [0.29, 0.717) is 16.9 Å². The molecule has 1 aromatic heterocycles. The first-order valence-corrected chi connectivity index (χ1v) is 11.4. The van der Waals surface area contributed by atoms with Crippen molar-refractivity contribution in [2.45, 2.75) is 38.6 Å². The van der Waals surface area contributed by atoms with Gasteiger partial charge in [-0.25, -0.2) is 8.42 Å². The second-order valence-electron chi connectivity index (χ2n) is 6.67. The van der Waals surface area contributed by atoms with Gasteiger partial charge in [-0.3, -0.25) is 4.79 Å². The molecule has 0 spiro atoms. The molecule has 0 radical (unpaired) electrons. The van der Waals surface area contributed by atoms with Crippen LogP contribution in [-0.2, 0) is 16.4 Å². The van der Waals surface area contributed by atoms with Gasteiger partial charge in [-0.1, -0.05) is 36.0 Å². The summed E-state index contributed by atoms with van der Waals surface area (Å²) in [5.74, 6) is -0.285. The van der Waals surface area contributed by atoms with E-state index in [1.165, 1.54) is 17.6 Å². The zero-order chi connectivity index (χ0) is 19.8. The number of hydrogen-bond donors (Lipinski definition) is 0. The van der Waals surface area contributed by atoms with E-state index in [0.717, 1.165) is 27.8 Å². The maximum absolute atomic E-state index is 12.7. The van der Waals surface area contributed by atoms with Crippen LogP contribution < -0.4 is 4.80 Å². The minimum Gasteiger partial charge on any atom is -0.316 e. The molecule has 7 heteroatoms. The molecule has 27 heavy (non-hydrogen) atoms. The minimum absolute atomic E-state index is 0.271. The van der Waals surface area contributed by atoms with Crippen LogP contribution in [0.1, 0.15) is 34.8 Å². The highest BCUT2D eigenvalue weighted by Crippen LogP contribution is 2.22. The topological polar surface area (TPSA) is 68.5 Å². The van der Waals surface area contributed by atoms with Gasteiger partial charge in [0, 0.05) is 18.4 Å². The number of thiazole rings is 1. The highest BCUT2D eigenvalue weighted by atomic mass is 32.2. The summed E-state index contributed by atoms with van der Waals surface area (Å²) in [6.07, 6.45) is 2.07. The molecule has 0 aliphatic rings. The number of carbonyl (C=O) groups is 1. The summed E-state index contributed by atoms with van der Waals surface area (Å²) in [6, 6.07) is 10.7. The standard InChI is InChI=1S/C20H22N2O3S2/c1-5-10-22-17-9-7-15(27(4,24)25)12-18(17)26-20(22)21-19(23)16-8-6-13(2)11-14(16)3/h6-9,11-12H,5,10H2,1-4H3. The molecule has 3 rings (SSSR count). The lowest BCUT2D eigenvalue weighted by molar-refractivity contribution is 0.0997. The molecule has 2 aromatic carbocycles. The Bertz CT molecular complexity index is 1200. The van der Waals surface area contributed by atoms with Crippen LogP contribution in [0.3, 0.4) is 0 Å². The van der Waals surface area contributed by atoms with Crippen molar-refractivity contribution < 1.29 is 13.2 Å². The predicted octanol–water partition coefficient (Wildman–Crippen LogP) is 3.87. The summed E-state index contributed by atoms with van der Waals surface area (Å²) in [4.78, 5) is 18.0. The van der Waals surface area contributed by atoms with Crippen molar-refractivity contribution in [1.29, 1.82) is 0 Å². The van der Waals surface area contributed by atoms with Gasteiger partial charge in [0.1, 0.15) is 0 Å². The second-order valence-corrected chi connectivity index (χ2v) is 9.70. The third-order valence-corrected chi connectivity index (χ3v) is 6.49. The van der Waals surface area contributed by atoms with Gasteiger partial charge in [-0.2, -0.15) is 4.99 Å². The zero-order valence-corrected chi connectivity index (χ0v) is 17.4. The summed E-state index contributed by atoms with van der Waals surface area (Å²) in [5.41, 5.74) is 3.46. The Labute approximate surface area is 162 Å². The van der Waals surface area contributed by atoms with Crippen molar-refractivity contribution in [3.8, 4) is 0 Å². The summed E-state index contributed by atoms with van der Waals surface area (Å²) in [5, 5.41) is 0. The number of carbonyl (C=O) groups excluding carboxylic acids is 1. The van der Waals surface area contributed by atoms with Crippen molar-refractivity contribution in [2.24, 2.45) is 4.99 Å². The van der Waals surface area contributed by atoms with Crippen molar-refractivity contribution >= 4 is 37.3 Å². The average molecular weight is 403 g/mol. The Balaban J connectivity index is 2.18. The maximum atomic E-state index is 12.7. The third kappa shape index (κ3) is 4.04. The first-order valence-electron chi connectivity index (χ1n) is 8.70. The fourth-order valence-corrected chi connectivity index (χ4v) is 4.83. The number of nitrogens with zero attached hydrogens (tertiary/aromatic N) is 2. The highest BCUT2D eigenvalue weighted by molar-refractivity contribution is 7.90. The van der Waals surface area contributed by atoms with Crippen LogP contribution in [0.5, 0.6) is 0 Å². The van der Waals surface area contributed by atoms with E-state index >= 15 is 0 Å². The fourth-order valence-electron chi connectivity index (χ4n) is 3.01. The van der Waals surface area contributed by atoms with E-state index in [9.17, 15) is 13.2 Å². The average Bonchev–Trinajstić information content (AvgIpc) is 2.91. The van der Waals surface area contributed by atoms with Crippen LogP contribution in [0.15, 0.2) is 46.3 Å². The largest absolute Gasteiger partial charge is 0.316 e. The van der Waals surface area contributed by atoms with Gasteiger partial charge < -0.3 is 4.57 Å². The SMILES string of the molecule is CCCn1c(=NC(=O)c2ccc(C)cc2C)sc2cc(S(C)(=O)=O)ccc21. The van der Waals surface area contributed by atoms with E-state index in [2.05, 4.69) is 11.9 Å². The Morgan fingerprint density at radius 2 is 1.89 bits per heavy atom. The normalized spacial score (nSPS) is 12.7. The Morgan fingerprint density at radius 1 is 1.15 bits per heavy atom. The molecule has 0 aliphatic carbocycles. The highest BCUT2D eigenvalue weighted by Gasteiger charge is 2.14. The van der Waals surface area contributed by atoms with Crippen LogP contribution in [-0.4, -0.2) is 25.1 Å². The molecular formula is C20H22N2O3S2. The smallest absolute Gasteiger partial charge is 0.279 e. The molecule has 5 nitrogen and oxygen atoms in total. The van der Waals surface area contributed by atoms with Crippen LogP contribution in [0, 0.1) is 13.8 Å². The third-order valence-electron chi connectivity index (χ3n) is 4.34. The first kappa shape index (κ1) is 19.5. The van der Waals surface area contributed by atoms with Gasteiger partial charge >= 0.3 is 0 Å². The van der Waals surface area contributed by atoms with Gasteiger partial charge in [-0.05, 0) is 50.1 Å². The summed E-state index contributed by atoms with van der Waals surface area (Å²) >= 11 is 1.34. The lowest BCUT2D eigenvalue weighted by Gasteiger charge is -2.04. The number of aromatic nitrogens is 1. The molecule has 0 unspecified atom stereocenters. The molecule has 0 fully saturated rings. The number of amides is 1. The molecule has 3 aromatic rings. The Kier molecular flexibility index (Phi) is 5.35. The second kappa shape index (κ2) is 7.40. The van der Waals surface area contributed by atoms with Gasteiger partial charge in [0.15, 0.2) is 14.6 Å². The lowest BCUT2D eigenvalue weighted by Crippen LogP contribution is -2.17. The molecular weight excluding hydrogens is 380 g/mol. The number of hydrogen-bond acceptors (Lipinski definition) is 4. The van der Waals surface area contributed by atoms with Gasteiger partial charge in [0.2, 0.25) is 0 Å². The molecule has 142 valence electrons. The van der Waals surface area contributed by atoms with Crippen molar-refractivity contribution in [1.82, 2.24) is 4.57 Å². The van der Waals surface area contributed by atoms with Crippen molar-refractivity contribution in [3.63, 3.8) is 0 Å². The van der Waals surface area contributed by atoms with E-state index in [1.807, 2.05) is 30.5 Å². The maximum Gasteiger partial charge on any atom is 0.279 e. The fraction of sp³-hybridized carbons (Fsp3) is 0.300. The number of aryl methyl sites for hydroxylation is 3. The molecule has 0 saturated heterocycles.